The quantitative estimate of drug-likeness (QED) is 0.462. The number of halogens is 1. The molecule has 0 aromatic heterocycles. The fourth-order valence-corrected chi connectivity index (χ4v) is 1.22. The van der Waals surface area contributed by atoms with Crippen LogP contribution in [0.2, 0.25) is 0 Å². The third-order valence-corrected chi connectivity index (χ3v) is 1.95. The minimum atomic E-state index is -1.07. The highest BCUT2D eigenvalue weighted by Gasteiger charge is 2.04. The van der Waals surface area contributed by atoms with E-state index in [-0.39, 0.29) is 0 Å². The van der Waals surface area contributed by atoms with Gasteiger partial charge in [0, 0.05) is 4.47 Å². The molecule has 1 aromatic carbocycles. The first-order valence-electron chi connectivity index (χ1n) is 3.98. The number of hydrazone groups is 1. The van der Waals surface area contributed by atoms with Crippen molar-refractivity contribution >= 4 is 34.0 Å². The third-order valence-electron chi connectivity index (χ3n) is 1.45. The van der Waals surface area contributed by atoms with Gasteiger partial charge < -0.3 is 5.73 Å². The molecule has 1 aromatic rings. The molecule has 0 heterocycles. The van der Waals surface area contributed by atoms with Crippen molar-refractivity contribution < 1.29 is 9.59 Å². The molecule has 0 fully saturated rings. The van der Waals surface area contributed by atoms with Crippen molar-refractivity contribution in [2.75, 3.05) is 0 Å². The number of primary amides is 1. The van der Waals surface area contributed by atoms with Gasteiger partial charge in [0.25, 0.3) is 0 Å². The maximum Gasteiger partial charge on any atom is 0.329 e. The van der Waals surface area contributed by atoms with Crippen LogP contribution in [0.4, 0.5) is 0 Å². The van der Waals surface area contributed by atoms with E-state index < -0.39 is 11.8 Å². The van der Waals surface area contributed by atoms with Crippen LogP contribution in [0.1, 0.15) is 5.56 Å². The zero-order valence-corrected chi connectivity index (χ0v) is 9.19. The summed E-state index contributed by atoms with van der Waals surface area (Å²) in [4.78, 5) is 21.0. The normalized spacial score (nSPS) is 10.2. The number of benzene rings is 1. The number of hydrogen-bond acceptors (Lipinski definition) is 3. The molecule has 0 atom stereocenters. The van der Waals surface area contributed by atoms with Gasteiger partial charge in [0.2, 0.25) is 0 Å². The molecule has 0 radical (unpaired) electrons. The van der Waals surface area contributed by atoms with Gasteiger partial charge in [-0.3, -0.25) is 9.59 Å². The van der Waals surface area contributed by atoms with E-state index >= 15 is 0 Å². The lowest BCUT2D eigenvalue weighted by molar-refractivity contribution is -0.137. The third kappa shape index (κ3) is 3.90. The van der Waals surface area contributed by atoms with Crippen molar-refractivity contribution in [1.82, 2.24) is 5.43 Å². The molecule has 78 valence electrons. The highest BCUT2D eigenvalue weighted by molar-refractivity contribution is 9.10. The van der Waals surface area contributed by atoms with Gasteiger partial charge in [0.15, 0.2) is 0 Å². The van der Waals surface area contributed by atoms with Crippen molar-refractivity contribution in [3.63, 3.8) is 0 Å². The van der Waals surface area contributed by atoms with Crippen LogP contribution < -0.4 is 11.2 Å². The monoisotopic (exact) mass is 269 g/mol. The van der Waals surface area contributed by atoms with E-state index in [0.29, 0.717) is 0 Å². The summed E-state index contributed by atoms with van der Waals surface area (Å²) in [7, 11) is 0. The van der Waals surface area contributed by atoms with Gasteiger partial charge in [-0.2, -0.15) is 5.10 Å². The molecule has 5 nitrogen and oxygen atoms in total. The number of nitrogens with one attached hydrogen (secondary N) is 1. The lowest BCUT2D eigenvalue weighted by Crippen LogP contribution is -2.32. The summed E-state index contributed by atoms with van der Waals surface area (Å²) in [5.41, 5.74) is 7.48. The fraction of sp³-hybridized carbons (Fsp3) is 0. The number of nitrogens with zero attached hydrogens (tertiary/aromatic N) is 1. The van der Waals surface area contributed by atoms with Gasteiger partial charge in [-0.05, 0) is 17.7 Å². The Kier molecular flexibility index (Phi) is 3.99. The molecule has 2 amide bonds. The smallest absolute Gasteiger partial charge is 0.329 e. The Balaban J connectivity index is 2.59. The Morgan fingerprint density at radius 2 is 2.20 bits per heavy atom. The summed E-state index contributed by atoms with van der Waals surface area (Å²) < 4.78 is 0.896. The topological polar surface area (TPSA) is 84.5 Å². The summed E-state index contributed by atoms with van der Waals surface area (Å²) in [5.74, 6) is -2.01. The van der Waals surface area contributed by atoms with Crippen LogP contribution in [0.15, 0.2) is 33.8 Å². The number of rotatable bonds is 2. The Labute approximate surface area is 94.5 Å². The van der Waals surface area contributed by atoms with Crippen molar-refractivity contribution in [2.24, 2.45) is 10.8 Å². The van der Waals surface area contributed by atoms with Gasteiger partial charge in [0.1, 0.15) is 0 Å². The van der Waals surface area contributed by atoms with E-state index in [0.717, 1.165) is 10.0 Å². The Bertz CT molecular complexity index is 418. The van der Waals surface area contributed by atoms with E-state index in [9.17, 15) is 9.59 Å². The molecular formula is C9H8BrN3O2. The molecule has 0 spiro atoms. The highest BCUT2D eigenvalue weighted by Crippen LogP contribution is 2.09. The van der Waals surface area contributed by atoms with E-state index in [1.54, 1.807) is 12.1 Å². The predicted octanol–water partition coefficient (Wildman–Crippen LogP) is 0.385. The number of hydrogen-bond donors (Lipinski definition) is 2. The van der Waals surface area contributed by atoms with Crippen molar-refractivity contribution in [2.45, 2.75) is 0 Å². The second kappa shape index (κ2) is 5.26. The van der Waals surface area contributed by atoms with Crippen LogP contribution in [0.25, 0.3) is 0 Å². The molecule has 6 heteroatoms. The van der Waals surface area contributed by atoms with Crippen LogP contribution in [-0.4, -0.2) is 18.0 Å². The molecule has 0 saturated carbocycles. The maximum absolute atomic E-state index is 10.7. The Morgan fingerprint density at radius 1 is 1.47 bits per heavy atom. The number of carbonyl (C=O) groups excluding carboxylic acids is 2. The first-order valence-corrected chi connectivity index (χ1v) is 4.77. The summed E-state index contributed by atoms with van der Waals surface area (Å²) in [6.07, 6.45) is 1.41. The average molecular weight is 270 g/mol. The van der Waals surface area contributed by atoms with E-state index in [1.165, 1.54) is 6.21 Å². The molecule has 0 aliphatic rings. The predicted molar refractivity (Wildman–Crippen MR) is 59.1 cm³/mol. The van der Waals surface area contributed by atoms with Crippen LogP contribution in [0, 0.1) is 0 Å². The number of amides is 2. The van der Waals surface area contributed by atoms with E-state index in [4.69, 9.17) is 5.73 Å². The molecule has 15 heavy (non-hydrogen) atoms. The second-order valence-corrected chi connectivity index (χ2v) is 3.53. The summed E-state index contributed by atoms with van der Waals surface area (Å²) in [5, 5.41) is 3.56. The zero-order chi connectivity index (χ0) is 11.3. The molecule has 0 saturated heterocycles. The largest absolute Gasteiger partial charge is 0.361 e. The summed E-state index contributed by atoms with van der Waals surface area (Å²) in [6, 6.07) is 7.28. The molecule has 0 aliphatic heterocycles. The molecule has 0 aliphatic carbocycles. The average Bonchev–Trinajstić information content (AvgIpc) is 2.17. The van der Waals surface area contributed by atoms with Crippen molar-refractivity contribution in [3.05, 3.63) is 34.3 Å². The lowest BCUT2D eigenvalue weighted by Gasteiger charge is -1.95. The standard InChI is InChI=1S/C9H8BrN3O2/c10-7-3-1-2-6(4-7)5-12-13-9(15)8(11)14/h1-5H,(H2,11,14)(H,13,15)/b12-5-. The summed E-state index contributed by atoms with van der Waals surface area (Å²) >= 11 is 3.28. The molecule has 0 unspecified atom stereocenters. The van der Waals surface area contributed by atoms with E-state index in [2.05, 4.69) is 21.0 Å². The lowest BCUT2D eigenvalue weighted by atomic mass is 10.2. The minimum absolute atomic E-state index is 0.786. The van der Waals surface area contributed by atoms with Crippen molar-refractivity contribution in [1.29, 1.82) is 0 Å². The molecule has 1 rings (SSSR count). The van der Waals surface area contributed by atoms with Crippen LogP contribution in [0.5, 0.6) is 0 Å². The molecular weight excluding hydrogens is 262 g/mol. The van der Waals surface area contributed by atoms with Crippen LogP contribution in [-0.2, 0) is 9.59 Å². The van der Waals surface area contributed by atoms with E-state index in [1.807, 2.05) is 17.6 Å². The second-order valence-electron chi connectivity index (χ2n) is 2.62. The Hall–Kier alpha value is -1.69. The van der Waals surface area contributed by atoms with Gasteiger partial charge >= 0.3 is 11.8 Å². The maximum atomic E-state index is 10.7. The number of nitrogens with two attached hydrogens (primary N) is 1. The fourth-order valence-electron chi connectivity index (χ4n) is 0.807. The van der Waals surface area contributed by atoms with Gasteiger partial charge in [-0.1, -0.05) is 28.1 Å². The van der Waals surface area contributed by atoms with Gasteiger partial charge in [-0.25, -0.2) is 5.43 Å². The van der Waals surface area contributed by atoms with Gasteiger partial charge in [-0.15, -0.1) is 0 Å². The number of carbonyl (C=O) groups is 2. The van der Waals surface area contributed by atoms with Crippen LogP contribution in [0.3, 0.4) is 0 Å². The highest BCUT2D eigenvalue weighted by atomic mass is 79.9. The molecule has 3 N–H and O–H groups in total. The van der Waals surface area contributed by atoms with Crippen molar-refractivity contribution in [3.8, 4) is 0 Å². The SMILES string of the molecule is NC(=O)C(=O)N/N=C\c1cccc(Br)c1. The first-order chi connectivity index (χ1) is 7.09. The van der Waals surface area contributed by atoms with Crippen LogP contribution >= 0.6 is 15.9 Å². The molecule has 0 bridgehead atoms. The Morgan fingerprint density at radius 3 is 2.80 bits per heavy atom. The minimum Gasteiger partial charge on any atom is -0.361 e. The first kappa shape index (κ1) is 11.4. The summed E-state index contributed by atoms with van der Waals surface area (Å²) in [6.45, 7) is 0. The van der Waals surface area contributed by atoms with Gasteiger partial charge in [0.05, 0.1) is 6.21 Å². The zero-order valence-electron chi connectivity index (χ0n) is 7.61.